The summed E-state index contributed by atoms with van der Waals surface area (Å²) in [4.78, 5) is 17.9. The van der Waals surface area contributed by atoms with Crippen molar-refractivity contribution in [3.05, 3.63) is 65.9 Å². The summed E-state index contributed by atoms with van der Waals surface area (Å²) in [6.07, 6.45) is 5.19. The van der Waals surface area contributed by atoms with E-state index in [1.54, 1.807) is 30.6 Å². The van der Waals surface area contributed by atoms with Crippen LogP contribution in [0, 0.1) is 5.82 Å². The van der Waals surface area contributed by atoms with Crippen LogP contribution >= 0.6 is 0 Å². The Labute approximate surface area is 156 Å². The van der Waals surface area contributed by atoms with Gasteiger partial charge in [0.2, 0.25) is 5.91 Å². The van der Waals surface area contributed by atoms with Gasteiger partial charge in [-0.15, -0.1) is 0 Å². The fraction of sp³-hybridized carbons (Fsp3) is 0.250. The Kier molecular flexibility index (Phi) is 4.58. The van der Waals surface area contributed by atoms with Crippen molar-refractivity contribution in [3.8, 4) is 11.1 Å². The molecule has 1 aliphatic heterocycles. The fourth-order valence-electron chi connectivity index (χ4n) is 3.64. The molecule has 0 atom stereocenters. The molecule has 2 aromatic heterocycles. The SMILES string of the molecule is NC(=O)c1ccnc(N2CCC(c3[nH]ncc3-c3cccc(F)c3)CC2)c1. The normalized spacial score (nSPS) is 15.1. The van der Waals surface area contributed by atoms with Crippen molar-refractivity contribution < 1.29 is 9.18 Å². The first-order chi connectivity index (χ1) is 13.1. The molecule has 138 valence electrons. The van der Waals surface area contributed by atoms with Gasteiger partial charge in [-0.3, -0.25) is 9.89 Å². The van der Waals surface area contributed by atoms with E-state index in [-0.39, 0.29) is 5.82 Å². The van der Waals surface area contributed by atoms with E-state index in [0.717, 1.165) is 48.6 Å². The lowest BCUT2D eigenvalue weighted by atomic mass is 9.89. The summed E-state index contributed by atoms with van der Waals surface area (Å²) in [5.74, 6) is 0.363. The van der Waals surface area contributed by atoms with Crippen LogP contribution in [0.1, 0.15) is 34.8 Å². The lowest BCUT2D eigenvalue weighted by Crippen LogP contribution is -2.34. The van der Waals surface area contributed by atoms with Gasteiger partial charge in [-0.2, -0.15) is 5.10 Å². The predicted molar refractivity (Wildman–Crippen MR) is 101 cm³/mol. The average molecular weight is 365 g/mol. The van der Waals surface area contributed by atoms with Crippen LogP contribution in [0.4, 0.5) is 10.2 Å². The molecule has 1 aromatic carbocycles. The Balaban J connectivity index is 1.50. The molecule has 3 N–H and O–H groups in total. The number of aromatic nitrogens is 3. The second kappa shape index (κ2) is 7.19. The molecule has 1 aliphatic rings. The zero-order chi connectivity index (χ0) is 18.8. The summed E-state index contributed by atoms with van der Waals surface area (Å²) in [6.45, 7) is 1.61. The van der Waals surface area contributed by atoms with Crippen LogP contribution in [0.5, 0.6) is 0 Å². The molecule has 3 aromatic rings. The monoisotopic (exact) mass is 365 g/mol. The van der Waals surface area contributed by atoms with E-state index < -0.39 is 5.91 Å². The molecule has 3 heterocycles. The number of benzene rings is 1. The number of anilines is 1. The number of carbonyl (C=O) groups is 1. The van der Waals surface area contributed by atoms with Gasteiger partial charge in [0, 0.05) is 42.0 Å². The number of aromatic amines is 1. The smallest absolute Gasteiger partial charge is 0.248 e. The van der Waals surface area contributed by atoms with Crippen molar-refractivity contribution >= 4 is 11.7 Å². The van der Waals surface area contributed by atoms with Crippen molar-refractivity contribution in [2.75, 3.05) is 18.0 Å². The van der Waals surface area contributed by atoms with Gasteiger partial charge in [0.05, 0.1) is 6.20 Å². The number of primary amides is 1. The number of H-pyrrole nitrogens is 1. The van der Waals surface area contributed by atoms with Gasteiger partial charge < -0.3 is 10.6 Å². The quantitative estimate of drug-likeness (QED) is 0.744. The third-order valence-corrected chi connectivity index (χ3v) is 5.06. The Morgan fingerprint density at radius 1 is 1.22 bits per heavy atom. The van der Waals surface area contributed by atoms with Crippen molar-refractivity contribution in [1.82, 2.24) is 15.2 Å². The standard InChI is InChI=1S/C20H20FN5O/c21-16-3-1-2-14(10-16)17-12-24-25-19(17)13-5-8-26(9-6-13)18-11-15(20(22)27)4-7-23-18/h1-4,7,10-13H,5-6,8-9H2,(H2,22,27)(H,24,25). The Bertz CT molecular complexity index is 962. The average Bonchev–Trinajstić information content (AvgIpc) is 3.18. The first kappa shape index (κ1) is 17.2. The molecule has 1 amide bonds. The van der Waals surface area contributed by atoms with E-state index in [4.69, 9.17) is 5.73 Å². The van der Waals surface area contributed by atoms with Crippen LogP contribution in [0.2, 0.25) is 0 Å². The summed E-state index contributed by atoms with van der Waals surface area (Å²) >= 11 is 0. The topological polar surface area (TPSA) is 87.9 Å². The number of carbonyl (C=O) groups excluding carboxylic acids is 1. The van der Waals surface area contributed by atoms with Crippen LogP contribution in [-0.4, -0.2) is 34.2 Å². The van der Waals surface area contributed by atoms with Gasteiger partial charge in [-0.25, -0.2) is 9.37 Å². The third-order valence-electron chi connectivity index (χ3n) is 5.06. The summed E-state index contributed by atoms with van der Waals surface area (Å²) < 4.78 is 13.6. The van der Waals surface area contributed by atoms with Crippen LogP contribution in [-0.2, 0) is 0 Å². The van der Waals surface area contributed by atoms with Crippen LogP contribution in [0.3, 0.4) is 0 Å². The maximum absolute atomic E-state index is 13.6. The van der Waals surface area contributed by atoms with E-state index in [1.807, 2.05) is 6.07 Å². The zero-order valence-electron chi connectivity index (χ0n) is 14.7. The molecule has 0 aliphatic carbocycles. The van der Waals surface area contributed by atoms with Gasteiger partial charge in [-0.05, 0) is 42.7 Å². The lowest BCUT2D eigenvalue weighted by molar-refractivity contribution is 0.1000. The minimum absolute atomic E-state index is 0.255. The molecular formula is C20H20FN5O. The molecular weight excluding hydrogens is 345 g/mol. The number of nitrogens with two attached hydrogens (primary N) is 1. The van der Waals surface area contributed by atoms with E-state index in [2.05, 4.69) is 20.1 Å². The summed E-state index contributed by atoms with van der Waals surface area (Å²) in [5.41, 5.74) is 8.64. The second-order valence-electron chi connectivity index (χ2n) is 6.74. The fourth-order valence-corrected chi connectivity index (χ4v) is 3.64. The highest BCUT2D eigenvalue weighted by Crippen LogP contribution is 2.35. The number of halogens is 1. The molecule has 0 saturated carbocycles. The number of hydrogen-bond acceptors (Lipinski definition) is 4. The number of nitrogens with zero attached hydrogens (tertiary/aromatic N) is 3. The van der Waals surface area contributed by atoms with E-state index in [1.165, 1.54) is 12.1 Å². The molecule has 0 spiro atoms. The molecule has 4 rings (SSSR count). The van der Waals surface area contributed by atoms with E-state index in [9.17, 15) is 9.18 Å². The highest BCUT2D eigenvalue weighted by Gasteiger charge is 2.25. The number of piperidine rings is 1. The largest absolute Gasteiger partial charge is 0.366 e. The number of hydrogen-bond donors (Lipinski definition) is 2. The molecule has 1 fully saturated rings. The third kappa shape index (κ3) is 3.53. The van der Waals surface area contributed by atoms with Gasteiger partial charge in [-0.1, -0.05) is 12.1 Å². The Hall–Kier alpha value is -3.22. The highest BCUT2D eigenvalue weighted by atomic mass is 19.1. The maximum atomic E-state index is 13.6. The maximum Gasteiger partial charge on any atom is 0.248 e. The molecule has 0 radical (unpaired) electrons. The first-order valence-corrected chi connectivity index (χ1v) is 8.92. The predicted octanol–water partition coefficient (Wildman–Crippen LogP) is 3.09. The van der Waals surface area contributed by atoms with Crippen molar-refractivity contribution in [1.29, 1.82) is 0 Å². The summed E-state index contributed by atoms with van der Waals surface area (Å²) in [7, 11) is 0. The van der Waals surface area contributed by atoms with Crippen LogP contribution in [0.25, 0.3) is 11.1 Å². The summed E-state index contributed by atoms with van der Waals surface area (Å²) in [5, 5.41) is 7.29. The highest BCUT2D eigenvalue weighted by molar-refractivity contribution is 5.93. The molecule has 7 heteroatoms. The number of nitrogens with one attached hydrogen (secondary N) is 1. The van der Waals surface area contributed by atoms with Gasteiger partial charge in [0.1, 0.15) is 11.6 Å². The summed E-state index contributed by atoms with van der Waals surface area (Å²) in [6, 6.07) is 9.93. The lowest BCUT2D eigenvalue weighted by Gasteiger charge is -2.32. The minimum atomic E-state index is -0.453. The van der Waals surface area contributed by atoms with Crippen molar-refractivity contribution in [2.45, 2.75) is 18.8 Å². The van der Waals surface area contributed by atoms with Gasteiger partial charge in [0.15, 0.2) is 0 Å². The van der Waals surface area contributed by atoms with Crippen molar-refractivity contribution in [3.63, 3.8) is 0 Å². The Morgan fingerprint density at radius 3 is 2.78 bits per heavy atom. The Morgan fingerprint density at radius 2 is 2.04 bits per heavy atom. The van der Waals surface area contributed by atoms with E-state index in [0.29, 0.717) is 11.5 Å². The molecule has 0 unspecified atom stereocenters. The van der Waals surface area contributed by atoms with Crippen molar-refractivity contribution in [2.24, 2.45) is 5.73 Å². The molecule has 27 heavy (non-hydrogen) atoms. The number of pyridine rings is 1. The van der Waals surface area contributed by atoms with Crippen LogP contribution in [0.15, 0.2) is 48.8 Å². The van der Waals surface area contributed by atoms with Crippen LogP contribution < -0.4 is 10.6 Å². The van der Waals surface area contributed by atoms with Gasteiger partial charge >= 0.3 is 0 Å². The first-order valence-electron chi connectivity index (χ1n) is 8.92. The van der Waals surface area contributed by atoms with Gasteiger partial charge in [0.25, 0.3) is 0 Å². The zero-order valence-corrected chi connectivity index (χ0v) is 14.7. The number of amides is 1. The second-order valence-corrected chi connectivity index (χ2v) is 6.74. The number of rotatable bonds is 4. The van der Waals surface area contributed by atoms with E-state index >= 15 is 0 Å². The molecule has 0 bridgehead atoms. The molecule has 1 saturated heterocycles. The molecule has 6 nitrogen and oxygen atoms in total. The minimum Gasteiger partial charge on any atom is -0.366 e.